The Morgan fingerprint density at radius 2 is 1.72 bits per heavy atom. The molecule has 5 heterocycles. The van der Waals surface area contributed by atoms with Crippen molar-refractivity contribution >= 4 is 37.5 Å². The lowest BCUT2D eigenvalue weighted by Crippen LogP contribution is -2.59. The molecular formula is C24H24N4S. The van der Waals surface area contributed by atoms with E-state index >= 15 is 0 Å². The molecule has 0 amide bonds. The number of nitrogens with one attached hydrogen (secondary N) is 1. The first-order chi connectivity index (χ1) is 14.3. The van der Waals surface area contributed by atoms with Gasteiger partial charge in [-0.25, -0.2) is 9.97 Å². The zero-order valence-corrected chi connectivity index (χ0v) is 17.3. The first-order valence-corrected chi connectivity index (χ1v) is 11.3. The second-order valence-electron chi connectivity index (χ2n) is 8.36. The maximum absolute atomic E-state index is 4.69. The molecule has 7 rings (SSSR count). The molecule has 3 aliphatic heterocycles. The van der Waals surface area contributed by atoms with Gasteiger partial charge < -0.3 is 5.32 Å². The van der Waals surface area contributed by atoms with Crippen LogP contribution in [0.1, 0.15) is 19.8 Å². The molecule has 0 unspecified atom stereocenters. The molecule has 0 saturated carbocycles. The second-order valence-corrected chi connectivity index (χ2v) is 9.41. The van der Waals surface area contributed by atoms with Crippen LogP contribution >= 0.6 is 11.3 Å². The van der Waals surface area contributed by atoms with Crippen LogP contribution in [-0.4, -0.2) is 40.0 Å². The molecule has 2 atom stereocenters. The average Bonchev–Trinajstić information content (AvgIpc) is 3.16. The molecule has 4 nitrogen and oxygen atoms in total. The highest BCUT2D eigenvalue weighted by molar-refractivity contribution is 7.26. The fourth-order valence-corrected chi connectivity index (χ4v) is 6.45. The number of nitrogens with zero attached hydrogens (tertiary/aromatic N) is 3. The summed E-state index contributed by atoms with van der Waals surface area (Å²) in [6, 6.07) is 16.2. The minimum absolute atomic E-state index is 0.453. The number of hydrogen-bond donors (Lipinski definition) is 1. The highest BCUT2D eigenvalue weighted by atomic mass is 32.1. The predicted molar refractivity (Wildman–Crippen MR) is 122 cm³/mol. The summed E-state index contributed by atoms with van der Waals surface area (Å²) in [6.45, 7) is 4.81. The van der Waals surface area contributed by atoms with Crippen molar-refractivity contribution in [1.29, 1.82) is 0 Å². The van der Waals surface area contributed by atoms with E-state index in [-0.39, 0.29) is 0 Å². The summed E-state index contributed by atoms with van der Waals surface area (Å²) >= 11 is 1.85. The monoisotopic (exact) mass is 400 g/mol. The van der Waals surface area contributed by atoms with Crippen LogP contribution in [0, 0.1) is 5.92 Å². The third-order valence-corrected chi connectivity index (χ3v) is 8.06. The minimum Gasteiger partial charge on any atom is -0.350 e. The summed E-state index contributed by atoms with van der Waals surface area (Å²) in [5, 5.41) is 6.27. The average molecular weight is 401 g/mol. The third-order valence-electron chi connectivity index (χ3n) is 6.84. The summed E-state index contributed by atoms with van der Waals surface area (Å²) in [5.41, 5.74) is 2.29. The quantitative estimate of drug-likeness (QED) is 0.499. The molecule has 2 aromatic carbocycles. The Morgan fingerprint density at radius 1 is 0.966 bits per heavy atom. The first-order valence-electron chi connectivity index (χ1n) is 10.5. The fourth-order valence-electron chi connectivity index (χ4n) is 5.21. The van der Waals surface area contributed by atoms with E-state index in [1.807, 2.05) is 23.7 Å². The molecule has 1 N–H and O–H groups in total. The van der Waals surface area contributed by atoms with E-state index in [4.69, 9.17) is 9.97 Å². The highest BCUT2D eigenvalue weighted by Gasteiger charge is 2.39. The zero-order valence-electron chi connectivity index (χ0n) is 16.5. The van der Waals surface area contributed by atoms with Crippen molar-refractivity contribution in [2.75, 3.05) is 18.4 Å². The highest BCUT2D eigenvalue weighted by Crippen LogP contribution is 2.39. The zero-order chi connectivity index (χ0) is 19.4. The van der Waals surface area contributed by atoms with Gasteiger partial charge in [0.25, 0.3) is 0 Å². The molecule has 0 aliphatic carbocycles. The molecule has 0 spiro atoms. The van der Waals surface area contributed by atoms with Crippen molar-refractivity contribution in [2.45, 2.75) is 31.8 Å². The number of piperidine rings is 3. The van der Waals surface area contributed by atoms with Crippen molar-refractivity contribution in [3.63, 3.8) is 0 Å². The van der Waals surface area contributed by atoms with Crippen LogP contribution < -0.4 is 5.32 Å². The van der Waals surface area contributed by atoms with E-state index in [2.05, 4.69) is 59.6 Å². The maximum atomic E-state index is 4.69. The molecule has 146 valence electrons. The van der Waals surface area contributed by atoms with Gasteiger partial charge in [-0.3, -0.25) is 4.90 Å². The van der Waals surface area contributed by atoms with E-state index < -0.39 is 0 Å². The molecule has 2 bridgehead atoms. The molecule has 3 aliphatic rings. The van der Waals surface area contributed by atoms with Crippen LogP contribution in [0.2, 0.25) is 0 Å². The molecule has 2 aromatic heterocycles. The lowest BCUT2D eigenvalue weighted by atomic mass is 9.79. The van der Waals surface area contributed by atoms with Crippen LogP contribution in [0.4, 0.5) is 5.95 Å². The number of benzene rings is 2. The van der Waals surface area contributed by atoms with Crippen LogP contribution in [0.25, 0.3) is 31.3 Å². The smallest absolute Gasteiger partial charge is 0.222 e. The number of anilines is 1. The Hall–Kier alpha value is -2.50. The molecule has 5 heteroatoms. The van der Waals surface area contributed by atoms with E-state index in [9.17, 15) is 0 Å². The number of aromatic nitrogens is 2. The molecule has 29 heavy (non-hydrogen) atoms. The molecule has 3 fully saturated rings. The Balaban J connectivity index is 1.32. The first kappa shape index (κ1) is 17.4. The van der Waals surface area contributed by atoms with E-state index in [0.717, 1.165) is 17.4 Å². The van der Waals surface area contributed by atoms with Gasteiger partial charge in [0.1, 0.15) is 0 Å². The van der Waals surface area contributed by atoms with Crippen molar-refractivity contribution in [3.05, 3.63) is 54.9 Å². The van der Waals surface area contributed by atoms with Crippen molar-refractivity contribution < 1.29 is 0 Å². The second kappa shape index (κ2) is 6.78. The van der Waals surface area contributed by atoms with Gasteiger partial charge in [-0.15, -0.1) is 11.3 Å². The van der Waals surface area contributed by atoms with Crippen LogP contribution in [0.3, 0.4) is 0 Å². The van der Waals surface area contributed by atoms with Gasteiger partial charge in [-0.05, 0) is 44.8 Å². The summed E-state index contributed by atoms with van der Waals surface area (Å²) in [7, 11) is 0. The normalized spacial score (nSPS) is 26.2. The minimum atomic E-state index is 0.453. The lowest BCUT2D eigenvalue weighted by Gasteiger charge is -2.49. The molecule has 4 aromatic rings. The van der Waals surface area contributed by atoms with Crippen LogP contribution in [-0.2, 0) is 0 Å². The predicted octanol–water partition coefficient (Wildman–Crippen LogP) is 5.41. The number of fused-ring (bicyclic) bond motifs is 6. The van der Waals surface area contributed by atoms with Crippen molar-refractivity contribution in [3.8, 4) is 11.1 Å². The Morgan fingerprint density at radius 3 is 2.52 bits per heavy atom. The maximum Gasteiger partial charge on any atom is 0.222 e. The molecular weight excluding hydrogens is 376 g/mol. The van der Waals surface area contributed by atoms with E-state index in [1.165, 1.54) is 51.7 Å². The standard InChI is InChI=1S/C24H24N4S/c1-15-22(16-9-11-28(15)12-10-16)27-24-25-13-17(14-26-24)18-6-4-7-20-19-5-2-3-8-21(19)29-23(18)20/h2-8,13-16,22H,9-12H2,1H3,(H,25,26,27)/t15-,22+/m1/s1. The van der Waals surface area contributed by atoms with Crippen molar-refractivity contribution in [1.82, 2.24) is 14.9 Å². The van der Waals surface area contributed by atoms with Crippen LogP contribution in [0.5, 0.6) is 0 Å². The Labute approximate surface area is 174 Å². The van der Waals surface area contributed by atoms with Gasteiger partial charge in [0.2, 0.25) is 5.95 Å². The van der Waals surface area contributed by atoms with Crippen molar-refractivity contribution in [2.24, 2.45) is 5.92 Å². The Bertz CT molecular complexity index is 1170. The third kappa shape index (κ3) is 2.83. The number of hydrogen-bond acceptors (Lipinski definition) is 5. The topological polar surface area (TPSA) is 41.1 Å². The molecule has 0 radical (unpaired) electrons. The SMILES string of the molecule is C[C@@H]1[C@H](Nc2ncc(-c3cccc4c3sc3ccccc34)cn2)C2CCN1CC2. The van der Waals surface area contributed by atoms with Gasteiger partial charge in [-0.2, -0.15) is 0 Å². The van der Waals surface area contributed by atoms with Gasteiger partial charge in [0, 0.05) is 55.8 Å². The summed E-state index contributed by atoms with van der Waals surface area (Å²) in [6.07, 6.45) is 6.52. The van der Waals surface area contributed by atoms with Gasteiger partial charge in [0.05, 0.1) is 0 Å². The Kier molecular flexibility index (Phi) is 4.06. The van der Waals surface area contributed by atoms with E-state index in [0.29, 0.717) is 12.1 Å². The molecule has 3 saturated heterocycles. The largest absolute Gasteiger partial charge is 0.350 e. The van der Waals surface area contributed by atoms with Gasteiger partial charge in [0.15, 0.2) is 0 Å². The van der Waals surface area contributed by atoms with Gasteiger partial charge in [-0.1, -0.05) is 36.4 Å². The van der Waals surface area contributed by atoms with Crippen LogP contribution in [0.15, 0.2) is 54.9 Å². The summed E-state index contributed by atoms with van der Waals surface area (Å²) in [4.78, 5) is 12.0. The fraction of sp³-hybridized carbons (Fsp3) is 0.333. The van der Waals surface area contributed by atoms with Gasteiger partial charge >= 0.3 is 0 Å². The summed E-state index contributed by atoms with van der Waals surface area (Å²) < 4.78 is 2.63. The lowest BCUT2D eigenvalue weighted by molar-refractivity contribution is 0.0455. The summed E-state index contributed by atoms with van der Waals surface area (Å²) in [5.74, 6) is 1.49. The number of thiophene rings is 1. The number of rotatable bonds is 3. The van der Waals surface area contributed by atoms with E-state index in [1.54, 1.807) is 0 Å².